The van der Waals surface area contributed by atoms with Crippen molar-refractivity contribution in [2.75, 3.05) is 6.67 Å². The SMILES string of the molecule is C#Cc1cc2c(s1)-c1sccc1C2(C)C.C#Cc1cc2c(s1)-c1sccc1[Si]2(C)C.C#Cc1cc2c(s1)c1sccc1n2C.C#Cc1cccc2c1=NCN=2.C=Cc1cc2cc3sccc3cc2s1.C=Cc1ccc2c(c1)C(C)(C)c1cc3c(cc1-2)C(C)(C)c1ccccc1-3.C=Cc1ccc2c(c1)[Si](C)(C)c1cc3c(cc1-2)[Si](C)(C)c1ccccc1-3.C=Cc1ccc2c3cc4c(cc3n(C)c2c1)c1ccccc1n4C. The van der Waals surface area contributed by atoms with E-state index in [1.807, 2.05) is 65.2 Å². The van der Waals surface area contributed by atoms with E-state index < -0.39 is 24.2 Å². The minimum atomic E-state index is -1.67. The average Bonchev–Trinajstić information content (AvgIpc) is 1.54. The fourth-order valence-electron chi connectivity index (χ4n) is 23.0. The summed E-state index contributed by atoms with van der Waals surface area (Å²) in [4.78, 5) is 18.4. The Morgan fingerprint density at radius 2 is 0.855 bits per heavy atom. The highest BCUT2D eigenvalue weighted by Crippen LogP contribution is 2.58. The number of para-hydroxylation sites is 2. The number of terminal acetylenes is 4. The lowest BCUT2D eigenvalue weighted by atomic mass is 9.79. The van der Waals surface area contributed by atoms with Crippen LogP contribution < -0.4 is 41.8 Å². The second-order valence-electron chi connectivity index (χ2n) is 41.2. The van der Waals surface area contributed by atoms with Crippen molar-refractivity contribution >= 4 is 255 Å². The Morgan fingerprint density at radius 1 is 0.317 bits per heavy atom. The Morgan fingerprint density at radius 3 is 1.57 bits per heavy atom. The van der Waals surface area contributed by atoms with Crippen LogP contribution in [-0.2, 0) is 37.4 Å². The number of fused-ring (bicyclic) bond motifs is 30. The third kappa shape index (κ3) is 15.7. The van der Waals surface area contributed by atoms with Gasteiger partial charge >= 0.3 is 0 Å². The highest BCUT2D eigenvalue weighted by molar-refractivity contribution is 7.29. The van der Waals surface area contributed by atoms with Crippen molar-refractivity contribution in [3.8, 4) is 113 Å². The van der Waals surface area contributed by atoms with Gasteiger partial charge in [-0.2, -0.15) is 0 Å². The molecule has 0 amide bonds. The third-order valence-electron chi connectivity index (χ3n) is 31.1. The molecule has 16 heteroatoms. The maximum absolute atomic E-state index is 5.47. The lowest BCUT2D eigenvalue weighted by molar-refractivity contribution is 0.652. The van der Waals surface area contributed by atoms with E-state index in [2.05, 4.69) is 422 Å². The maximum Gasteiger partial charge on any atom is 0.130 e. The Bertz CT molecular complexity index is 9250. The molecule has 0 saturated heterocycles. The molecule has 0 spiro atoms. The summed E-state index contributed by atoms with van der Waals surface area (Å²) < 4.78 is 12.2. The van der Waals surface area contributed by atoms with E-state index in [4.69, 9.17) is 25.7 Å². The van der Waals surface area contributed by atoms with Crippen LogP contribution in [0.2, 0.25) is 39.3 Å². The number of hydrogen-bond acceptors (Lipinski definition) is 10. The van der Waals surface area contributed by atoms with Crippen molar-refractivity contribution in [3.63, 3.8) is 0 Å². The van der Waals surface area contributed by atoms with Crippen molar-refractivity contribution in [1.29, 1.82) is 0 Å². The molecular formula is C129H107N5S8Si3. The number of rotatable bonds is 4. The van der Waals surface area contributed by atoms with Crippen molar-refractivity contribution < 1.29 is 0 Å². The molecule has 5 nitrogen and oxygen atoms in total. The first-order valence-corrected chi connectivity index (χ1v) is 64.5. The molecule has 0 atom stereocenters. The van der Waals surface area contributed by atoms with E-state index in [1.54, 1.807) is 99.1 Å². The second-order valence-corrected chi connectivity index (χ2v) is 62.2. The van der Waals surface area contributed by atoms with Crippen LogP contribution in [0, 0.1) is 49.4 Å². The van der Waals surface area contributed by atoms with Crippen LogP contribution in [0.4, 0.5) is 0 Å². The van der Waals surface area contributed by atoms with Gasteiger partial charge < -0.3 is 13.7 Å². The molecule has 3 aliphatic carbocycles. The molecule has 29 rings (SSSR count). The van der Waals surface area contributed by atoms with Crippen LogP contribution in [0.15, 0.2) is 300 Å². The Kier molecular flexibility index (Phi) is 24.2. The molecular weight excluding hydrogens is 1960 g/mol. The molecule has 22 aromatic rings. The first-order valence-electron chi connectivity index (χ1n) is 48.7. The number of hydrogen-bond donors (Lipinski definition) is 0. The molecule has 15 heterocycles. The molecule has 7 aliphatic rings. The molecule has 0 unspecified atom stereocenters. The van der Waals surface area contributed by atoms with Crippen LogP contribution in [-0.4, -0.2) is 44.6 Å². The predicted molar refractivity (Wildman–Crippen MR) is 650 cm³/mol. The topological polar surface area (TPSA) is 39.5 Å². The van der Waals surface area contributed by atoms with E-state index in [9.17, 15) is 0 Å². The van der Waals surface area contributed by atoms with E-state index in [0.717, 1.165) is 36.5 Å². The summed E-state index contributed by atoms with van der Waals surface area (Å²) >= 11 is 14.3. The molecule has 4 aliphatic heterocycles. The van der Waals surface area contributed by atoms with Crippen molar-refractivity contribution in [1.82, 2.24) is 13.7 Å². The first kappa shape index (κ1) is 96.2. The highest BCUT2D eigenvalue weighted by atomic mass is 32.1. The predicted octanol–water partition coefficient (Wildman–Crippen LogP) is 31.3. The van der Waals surface area contributed by atoms with Crippen molar-refractivity contribution in [2.24, 2.45) is 31.1 Å². The normalized spacial score (nSPS) is 14.5. The van der Waals surface area contributed by atoms with Gasteiger partial charge in [0.2, 0.25) is 0 Å². The monoisotopic (exact) mass is 2070 g/mol. The van der Waals surface area contributed by atoms with Crippen molar-refractivity contribution in [2.45, 2.75) is 97.1 Å². The number of thiophene rings is 8. The second kappa shape index (κ2) is 36.5. The van der Waals surface area contributed by atoms with E-state index in [1.165, 1.54) is 198 Å². The summed E-state index contributed by atoms with van der Waals surface area (Å²) in [6.45, 7) is 44.9. The number of nitrogens with zero attached hydrogens (tertiary/aromatic N) is 5. The number of aromatic nitrogens is 3. The lowest BCUT2D eigenvalue weighted by Gasteiger charge is -2.24. The zero-order valence-electron chi connectivity index (χ0n) is 84.1. The zero-order valence-corrected chi connectivity index (χ0v) is 93.6. The molecule has 11 aromatic heterocycles. The summed E-state index contributed by atoms with van der Waals surface area (Å²) in [5, 5.41) is 27.9. The van der Waals surface area contributed by atoms with E-state index in [-0.39, 0.29) is 16.2 Å². The van der Waals surface area contributed by atoms with Gasteiger partial charge in [0, 0.05) is 115 Å². The van der Waals surface area contributed by atoms with Crippen LogP contribution in [0.5, 0.6) is 0 Å². The van der Waals surface area contributed by atoms with E-state index in [0.29, 0.717) is 6.67 Å². The van der Waals surface area contributed by atoms with Crippen LogP contribution in [0.25, 0.3) is 173 Å². The largest absolute Gasteiger partial charge is 0.344 e. The molecule has 0 saturated carbocycles. The molecule has 145 heavy (non-hydrogen) atoms. The maximum atomic E-state index is 5.47. The smallest absolute Gasteiger partial charge is 0.130 e. The van der Waals surface area contributed by atoms with Crippen molar-refractivity contribution in [3.05, 3.63) is 376 Å². The van der Waals surface area contributed by atoms with Gasteiger partial charge in [-0.3, -0.25) is 9.98 Å². The van der Waals surface area contributed by atoms with Crippen LogP contribution >= 0.6 is 90.7 Å². The van der Waals surface area contributed by atoms with Gasteiger partial charge in [-0.1, -0.05) is 295 Å². The van der Waals surface area contributed by atoms with Crippen LogP contribution in [0.3, 0.4) is 0 Å². The minimum Gasteiger partial charge on any atom is -0.344 e. The Balaban J connectivity index is 0.0000000961. The molecule has 0 radical (unpaired) electrons. The van der Waals surface area contributed by atoms with Gasteiger partial charge in [-0.25, -0.2) is 0 Å². The fraction of sp³-hybridized carbons (Fsp3) is 0.147. The lowest BCUT2D eigenvalue weighted by Crippen LogP contribution is -2.51. The quantitative estimate of drug-likeness (QED) is 0.124. The van der Waals surface area contributed by atoms with Gasteiger partial charge in [0.15, 0.2) is 0 Å². The van der Waals surface area contributed by atoms with Gasteiger partial charge in [0.05, 0.1) is 46.0 Å². The Labute approximate surface area is 884 Å². The standard InChI is InChI=1S/C26H24.C24H24Si2.C22H18N2.C13H10S2.C12H10S2Si.C12H8S2.C11H7NS2.C9H6N2/c2*1-6-16-11-12-18-20-15-23-19(14-24(20)26(4,5)22(18)13-16)17-9-7-8-10-21(17)25(23,2)3;1-4-14-9-10-16-18-13-21-17(12-22(18)24(3)20(16)11-14)15-7-5-6-8-19(15)23(21)2;1-4-8-7-10-12(15-8)11-9(5-6-14-11)13(10,2)3;1-4-8-7-10-12(14-8)11-9(5-6-13-11)15(10,2)3;1-2-10-5-9-7-11-8(3-4-13-11)6-12(9)14-10;1-3-7-6-9-11(14-7)10-8(12(9)2)4-5-13-10;1-2-7-4-3-5-8-9(7)11-6-10-8/h2*6-15H,1H2,2-5H3;4-13H,1H2,2-3H3;2*1,5-7H,2-3H3;2-7H,1H2;1,4-6H,2H3;1,3-5H,6H2. The summed E-state index contributed by atoms with van der Waals surface area (Å²) in [5.74, 6) is 10.8. The first-order chi connectivity index (χ1) is 69.8. The molecule has 0 bridgehead atoms. The molecule has 708 valence electrons. The number of benzene rings is 11. The zero-order chi connectivity index (χ0) is 101. The fourth-order valence-corrected chi connectivity index (χ4v) is 42.2. The minimum absolute atomic E-state index is 0.0143. The summed E-state index contributed by atoms with van der Waals surface area (Å²) in [6, 6.07) is 89.4. The van der Waals surface area contributed by atoms with E-state index >= 15 is 0 Å². The molecule has 0 fully saturated rings. The highest BCUT2D eigenvalue weighted by Gasteiger charge is 2.46. The van der Waals surface area contributed by atoms with Gasteiger partial charge in [0.25, 0.3) is 0 Å². The van der Waals surface area contributed by atoms with Gasteiger partial charge in [-0.05, 0) is 261 Å². The summed E-state index contributed by atoms with van der Waals surface area (Å²) in [5.41, 5.74) is 32.4. The summed E-state index contributed by atoms with van der Waals surface area (Å²) in [7, 11) is 1.70. The Hall–Kier alpha value is -13.6. The molecule has 0 N–H and O–H groups in total. The van der Waals surface area contributed by atoms with Gasteiger partial charge in [-0.15, -0.1) is 116 Å². The van der Waals surface area contributed by atoms with Crippen LogP contribution in [0.1, 0.15) is 117 Å². The summed E-state index contributed by atoms with van der Waals surface area (Å²) in [6.07, 6.45) is 29.3. The average molecular weight is 2070 g/mol. The number of aryl methyl sites for hydroxylation is 3. The third-order valence-corrected chi connectivity index (χ3v) is 50.5. The molecule has 11 aromatic carbocycles. The van der Waals surface area contributed by atoms with Gasteiger partial charge in [0.1, 0.15) is 36.2 Å².